The van der Waals surface area contributed by atoms with Crippen molar-refractivity contribution < 1.29 is 14.3 Å². The average molecular weight is 468 g/mol. The first-order chi connectivity index (χ1) is 15.5. The summed E-state index contributed by atoms with van der Waals surface area (Å²) in [5.74, 6) is 0.0910. The van der Waals surface area contributed by atoms with Crippen molar-refractivity contribution in [3.05, 3.63) is 87.1 Å². The van der Waals surface area contributed by atoms with Gasteiger partial charge in [0.25, 0.3) is 11.8 Å². The molecule has 0 saturated heterocycles. The van der Waals surface area contributed by atoms with E-state index in [-0.39, 0.29) is 24.4 Å². The number of thiophene rings is 1. The zero-order chi connectivity index (χ0) is 22.7. The Morgan fingerprint density at radius 3 is 2.62 bits per heavy atom. The summed E-state index contributed by atoms with van der Waals surface area (Å²) in [6, 6.07) is 18.0. The molecule has 0 fully saturated rings. The fourth-order valence-electron chi connectivity index (χ4n) is 3.70. The number of methoxy groups -OCH3 is 1. The molecule has 0 aliphatic carbocycles. The molecule has 0 saturated carbocycles. The van der Waals surface area contributed by atoms with E-state index in [2.05, 4.69) is 5.10 Å². The highest BCUT2D eigenvalue weighted by Gasteiger charge is 2.35. The predicted molar refractivity (Wildman–Crippen MR) is 126 cm³/mol. The molecule has 3 aromatic rings. The average Bonchev–Trinajstić information content (AvgIpc) is 3.49. The third-order valence-corrected chi connectivity index (χ3v) is 6.54. The smallest absolute Gasteiger partial charge is 0.262 e. The number of benzene rings is 2. The van der Waals surface area contributed by atoms with Gasteiger partial charge in [-0.1, -0.05) is 48.0 Å². The number of nitrogens with zero attached hydrogens (tertiary/aromatic N) is 3. The summed E-state index contributed by atoms with van der Waals surface area (Å²) >= 11 is 7.74. The topological polar surface area (TPSA) is 62.2 Å². The lowest BCUT2D eigenvalue weighted by Gasteiger charge is -2.26. The van der Waals surface area contributed by atoms with Crippen LogP contribution in [-0.4, -0.2) is 48.1 Å². The zero-order valence-corrected chi connectivity index (χ0v) is 19.3. The zero-order valence-electron chi connectivity index (χ0n) is 17.7. The summed E-state index contributed by atoms with van der Waals surface area (Å²) in [5, 5.41) is 8.47. The van der Waals surface area contributed by atoms with Crippen LogP contribution in [0.5, 0.6) is 5.75 Å². The summed E-state index contributed by atoms with van der Waals surface area (Å²) in [6.07, 6.45) is 0.564. The Labute approximate surface area is 195 Å². The number of carbonyl (C=O) groups excluding carboxylic acids is 2. The van der Waals surface area contributed by atoms with E-state index in [4.69, 9.17) is 16.3 Å². The maximum absolute atomic E-state index is 13.3. The van der Waals surface area contributed by atoms with Crippen LogP contribution in [0.15, 0.2) is 71.1 Å². The number of ether oxygens (including phenoxy) is 1. The van der Waals surface area contributed by atoms with Gasteiger partial charge in [-0.3, -0.25) is 9.59 Å². The van der Waals surface area contributed by atoms with E-state index in [1.807, 2.05) is 41.8 Å². The van der Waals surface area contributed by atoms with Crippen LogP contribution < -0.4 is 4.74 Å². The van der Waals surface area contributed by atoms with Gasteiger partial charge in [0.15, 0.2) is 0 Å². The van der Waals surface area contributed by atoms with Crippen LogP contribution in [-0.2, 0) is 4.79 Å². The number of hydrogen-bond donors (Lipinski definition) is 0. The van der Waals surface area contributed by atoms with Gasteiger partial charge < -0.3 is 9.64 Å². The lowest BCUT2D eigenvalue weighted by Crippen LogP contribution is -2.39. The molecule has 0 radical (unpaired) electrons. The number of hydrazone groups is 1. The Balaban J connectivity index is 1.61. The minimum atomic E-state index is -0.320. The second-order valence-corrected chi connectivity index (χ2v) is 8.72. The molecule has 2 heterocycles. The van der Waals surface area contributed by atoms with Crippen molar-refractivity contribution in [3.8, 4) is 5.75 Å². The van der Waals surface area contributed by atoms with Crippen LogP contribution in [0, 0.1) is 0 Å². The van der Waals surface area contributed by atoms with Crippen LogP contribution in [0.25, 0.3) is 0 Å². The van der Waals surface area contributed by atoms with Crippen LogP contribution in [0.4, 0.5) is 0 Å². The van der Waals surface area contributed by atoms with Crippen molar-refractivity contribution in [2.24, 2.45) is 5.10 Å². The van der Waals surface area contributed by atoms with E-state index in [0.717, 1.165) is 16.2 Å². The standard InChI is InChI=1S/C24H22ClN3O3S/c1-27(24(30)16-8-3-5-10-18(16)25)15-23(29)28-20(17-9-4-6-11-21(17)31-2)14-19(26-28)22-12-7-13-32-22/h3-13,20H,14-15H2,1-2H3. The highest BCUT2D eigenvalue weighted by molar-refractivity contribution is 7.12. The molecule has 2 aromatic carbocycles. The Hall–Kier alpha value is -3.16. The molecular weight excluding hydrogens is 446 g/mol. The molecule has 1 aliphatic rings. The maximum Gasteiger partial charge on any atom is 0.262 e. The van der Waals surface area contributed by atoms with Crippen LogP contribution in [0.3, 0.4) is 0 Å². The molecule has 164 valence electrons. The molecule has 1 atom stereocenters. The minimum Gasteiger partial charge on any atom is -0.496 e. The van der Waals surface area contributed by atoms with Gasteiger partial charge in [-0.25, -0.2) is 5.01 Å². The number of likely N-dealkylation sites (N-methyl/N-ethyl adjacent to an activating group) is 1. The van der Waals surface area contributed by atoms with Gasteiger partial charge in [-0.05, 0) is 29.6 Å². The largest absolute Gasteiger partial charge is 0.496 e. The summed E-state index contributed by atoms with van der Waals surface area (Å²) in [6.45, 7) is -0.128. The van der Waals surface area contributed by atoms with E-state index in [1.54, 1.807) is 49.8 Å². The normalized spacial score (nSPS) is 15.4. The van der Waals surface area contributed by atoms with Crippen molar-refractivity contribution in [1.82, 2.24) is 9.91 Å². The Morgan fingerprint density at radius 1 is 1.16 bits per heavy atom. The second-order valence-electron chi connectivity index (χ2n) is 7.37. The van der Waals surface area contributed by atoms with E-state index in [9.17, 15) is 9.59 Å². The Kier molecular flexibility index (Phi) is 6.58. The number of amides is 2. The van der Waals surface area contributed by atoms with Gasteiger partial charge in [0.1, 0.15) is 12.3 Å². The van der Waals surface area contributed by atoms with Gasteiger partial charge in [0.05, 0.1) is 34.3 Å². The fraction of sp³-hybridized carbons (Fsp3) is 0.208. The molecule has 32 heavy (non-hydrogen) atoms. The molecule has 1 aliphatic heterocycles. The number of hydrogen-bond acceptors (Lipinski definition) is 5. The number of para-hydroxylation sites is 1. The van der Waals surface area contributed by atoms with Crippen LogP contribution in [0.1, 0.15) is 33.3 Å². The Morgan fingerprint density at radius 2 is 1.91 bits per heavy atom. The van der Waals surface area contributed by atoms with Gasteiger partial charge in [0, 0.05) is 19.0 Å². The molecule has 8 heteroatoms. The van der Waals surface area contributed by atoms with Crippen molar-refractivity contribution >= 4 is 40.5 Å². The van der Waals surface area contributed by atoms with Gasteiger partial charge in [0.2, 0.25) is 0 Å². The maximum atomic E-state index is 13.3. The molecule has 1 unspecified atom stereocenters. The summed E-state index contributed by atoms with van der Waals surface area (Å²) < 4.78 is 5.54. The molecule has 0 N–H and O–H groups in total. The lowest BCUT2D eigenvalue weighted by atomic mass is 10.00. The van der Waals surface area contributed by atoms with E-state index in [1.165, 1.54) is 9.91 Å². The van der Waals surface area contributed by atoms with Crippen LogP contribution in [0.2, 0.25) is 5.02 Å². The van der Waals surface area contributed by atoms with Gasteiger partial charge >= 0.3 is 0 Å². The van der Waals surface area contributed by atoms with Crippen molar-refractivity contribution in [1.29, 1.82) is 0 Å². The molecular formula is C24H22ClN3O3S. The second kappa shape index (κ2) is 9.54. The lowest BCUT2D eigenvalue weighted by molar-refractivity contribution is -0.133. The van der Waals surface area contributed by atoms with Crippen molar-refractivity contribution in [2.45, 2.75) is 12.5 Å². The van der Waals surface area contributed by atoms with E-state index in [0.29, 0.717) is 22.8 Å². The van der Waals surface area contributed by atoms with Crippen LogP contribution >= 0.6 is 22.9 Å². The SMILES string of the molecule is COc1ccccc1C1CC(c2cccs2)=NN1C(=O)CN(C)C(=O)c1ccccc1Cl. The van der Waals surface area contributed by atoms with Gasteiger partial charge in [-0.15, -0.1) is 11.3 Å². The number of halogens is 1. The Bertz CT molecular complexity index is 1160. The molecule has 2 amide bonds. The summed E-state index contributed by atoms with van der Waals surface area (Å²) in [4.78, 5) is 28.5. The molecule has 0 bridgehead atoms. The highest BCUT2D eigenvalue weighted by Crippen LogP contribution is 2.38. The number of carbonyl (C=O) groups is 2. The van der Waals surface area contributed by atoms with Crippen molar-refractivity contribution in [2.75, 3.05) is 20.7 Å². The highest BCUT2D eigenvalue weighted by atomic mass is 35.5. The summed E-state index contributed by atoms with van der Waals surface area (Å²) in [7, 11) is 3.19. The molecule has 1 aromatic heterocycles. The third-order valence-electron chi connectivity index (χ3n) is 5.29. The molecule has 0 spiro atoms. The molecule has 6 nitrogen and oxygen atoms in total. The first-order valence-corrected chi connectivity index (χ1v) is 11.3. The van der Waals surface area contributed by atoms with Crippen molar-refractivity contribution in [3.63, 3.8) is 0 Å². The van der Waals surface area contributed by atoms with E-state index < -0.39 is 0 Å². The summed E-state index contributed by atoms with van der Waals surface area (Å²) in [5.41, 5.74) is 2.07. The number of rotatable bonds is 6. The predicted octanol–water partition coefficient (Wildman–Crippen LogP) is 4.86. The fourth-order valence-corrected chi connectivity index (χ4v) is 4.64. The monoisotopic (exact) mass is 467 g/mol. The quantitative estimate of drug-likeness (QED) is 0.520. The third kappa shape index (κ3) is 4.40. The molecule has 4 rings (SSSR count). The minimum absolute atomic E-state index is 0.128. The first-order valence-electron chi connectivity index (χ1n) is 10.1. The first kappa shape index (κ1) is 22.0. The van der Waals surface area contributed by atoms with E-state index >= 15 is 0 Å². The van der Waals surface area contributed by atoms with Gasteiger partial charge in [-0.2, -0.15) is 5.10 Å².